The van der Waals surface area contributed by atoms with Gasteiger partial charge in [-0.1, -0.05) is 37.6 Å². The number of nitrogens with zero attached hydrogens (tertiary/aromatic N) is 2. The summed E-state index contributed by atoms with van der Waals surface area (Å²) in [5.74, 6) is 0.399. The fourth-order valence-electron chi connectivity index (χ4n) is 3.65. The van der Waals surface area contributed by atoms with Gasteiger partial charge in [-0.15, -0.1) is 0 Å². The van der Waals surface area contributed by atoms with Gasteiger partial charge in [0.25, 0.3) is 0 Å². The van der Waals surface area contributed by atoms with Gasteiger partial charge in [0.1, 0.15) is 6.04 Å². The van der Waals surface area contributed by atoms with Gasteiger partial charge < -0.3 is 15.5 Å². The number of hydrogen-bond donors (Lipinski definition) is 2. The highest BCUT2D eigenvalue weighted by Gasteiger charge is 2.24. The largest absolute Gasteiger partial charge is 0.340 e. The third kappa shape index (κ3) is 7.41. The molecule has 2 N–H and O–H groups in total. The number of nitrogens with one attached hydrogen (secondary N) is 2. The maximum atomic E-state index is 12.1. The molecule has 1 atom stereocenters. The van der Waals surface area contributed by atoms with Crippen LogP contribution in [-0.4, -0.2) is 42.0 Å². The molecule has 1 aromatic carbocycles. The lowest BCUT2D eigenvalue weighted by Crippen LogP contribution is -2.46. The Hall–Kier alpha value is -2.55. The van der Waals surface area contributed by atoms with E-state index < -0.39 is 6.04 Å². The lowest BCUT2D eigenvalue weighted by Gasteiger charge is -2.32. The van der Waals surface area contributed by atoms with Crippen molar-refractivity contribution in [3.05, 3.63) is 35.4 Å². The van der Waals surface area contributed by atoms with Gasteiger partial charge in [0.05, 0.1) is 6.07 Å². The Morgan fingerprint density at radius 2 is 1.83 bits per heavy atom. The van der Waals surface area contributed by atoms with Gasteiger partial charge in [-0.25, -0.2) is 4.79 Å². The lowest BCUT2D eigenvalue weighted by atomic mass is 9.88. The summed E-state index contributed by atoms with van der Waals surface area (Å²) in [5.41, 5.74) is 2.32. The van der Waals surface area contributed by atoms with Crippen molar-refractivity contribution in [2.24, 2.45) is 0 Å². The molecular weight excluding hydrogens is 364 g/mol. The van der Waals surface area contributed by atoms with E-state index in [9.17, 15) is 14.9 Å². The van der Waals surface area contributed by atoms with E-state index in [0.29, 0.717) is 18.8 Å². The molecule has 0 radical (unpaired) electrons. The van der Waals surface area contributed by atoms with Crippen LogP contribution in [0.5, 0.6) is 0 Å². The zero-order valence-corrected chi connectivity index (χ0v) is 17.9. The lowest BCUT2D eigenvalue weighted by molar-refractivity contribution is -0.121. The first-order valence-electron chi connectivity index (χ1n) is 10.8. The van der Waals surface area contributed by atoms with E-state index in [1.807, 2.05) is 25.7 Å². The Kier molecular flexibility index (Phi) is 8.98. The monoisotopic (exact) mass is 398 g/mol. The van der Waals surface area contributed by atoms with Gasteiger partial charge in [-0.05, 0) is 50.2 Å². The maximum Gasteiger partial charge on any atom is 0.317 e. The first kappa shape index (κ1) is 22.7. The number of likely N-dealkylation sites (tertiary alicyclic amines) is 1. The van der Waals surface area contributed by atoms with E-state index in [4.69, 9.17) is 0 Å². The van der Waals surface area contributed by atoms with Crippen molar-refractivity contribution in [2.45, 2.75) is 77.3 Å². The second-order valence-electron chi connectivity index (χ2n) is 8.16. The molecule has 1 saturated heterocycles. The maximum absolute atomic E-state index is 12.1. The van der Waals surface area contributed by atoms with E-state index in [0.717, 1.165) is 44.3 Å². The molecule has 0 aromatic heterocycles. The predicted molar refractivity (Wildman–Crippen MR) is 114 cm³/mol. The van der Waals surface area contributed by atoms with Crippen molar-refractivity contribution in [3.63, 3.8) is 0 Å². The van der Waals surface area contributed by atoms with Crippen LogP contribution in [0.2, 0.25) is 0 Å². The third-order valence-electron chi connectivity index (χ3n) is 5.33. The average Bonchev–Trinajstić information content (AvgIpc) is 2.72. The Morgan fingerprint density at radius 1 is 1.17 bits per heavy atom. The van der Waals surface area contributed by atoms with Crippen LogP contribution in [0.3, 0.4) is 0 Å². The summed E-state index contributed by atoms with van der Waals surface area (Å²) in [6.45, 7) is 7.52. The van der Waals surface area contributed by atoms with Gasteiger partial charge in [-0.2, -0.15) is 5.26 Å². The molecule has 6 nitrogen and oxygen atoms in total. The molecule has 0 saturated carbocycles. The van der Waals surface area contributed by atoms with Crippen LogP contribution < -0.4 is 10.6 Å². The first-order chi connectivity index (χ1) is 13.9. The normalized spacial score (nSPS) is 15.6. The fourth-order valence-corrected chi connectivity index (χ4v) is 3.65. The predicted octanol–water partition coefficient (Wildman–Crippen LogP) is 3.73. The molecule has 0 bridgehead atoms. The SMILES string of the molecule is CCCCC(=O)NC(C#N)Cc1ccc(C2CCN(C(=O)NC(C)C)CC2)cc1. The van der Waals surface area contributed by atoms with Crippen molar-refractivity contribution >= 4 is 11.9 Å². The summed E-state index contributed by atoms with van der Waals surface area (Å²) in [4.78, 5) is 25.9. The number of carbonyl (C=O) groups is 2. The van der Waals surface area contributed by atoms with Crippen LogP contribution in [0.25, 0.3) is 0 Å². The number of nitriles is 1. The number of urea groups is 1. The Bertz CT molecular complexity index is 701. The number of rotatable bonds is 8. The van der Waals surface area contributed by atoms with Crippen LogP contribution in [0.15, 0.2) is 24.3 Å². The molecule has 6 heteroatoms. The minimum Gasteiger partial charge on any atom is -0.340 e. The second-order valence-corrected chi connectivity index (χ2v) is 8.16. The van der Waals surface area contributed by atoms with Crippen molar-refractivity contribution in [2.75, 3.05) is 13.1 Å². The van der Waals surface area contributed by atoms with Crippen molar-refractivity contribution in [1.82, 2.24) is 15.5 Å². The molecule has 2 rings (SSSR count). The highest BCUT2D eigenvalue weighted by molar-refractivity contribution is 5.76. The Morgan fingerprint density at radius 3 is 2.38 bits per heavy atom. The van der Waals surface area contributed by atoms with Gasteiger partial charge in [0, 0.05) is 32.0 Å². The molecule has 1 heterocycles. The summed E-state index contributed by atoms with van der Waals surface area (Å²) in [7, 11) is 0. The van der Waals surface area contributed by atoms with Crippen molar-refractivity contribution in [3.8, 4) is 6.07 Å². The summed E-state index contributed by atoms with van der Waals surface area (Å²) in [6, 6.07) is 10.2. The molecular formula is C23H34N4O2. The average molecular weight is 399 g/mol. The van der Waals surface area contributed by atoms with E-state index in [1.165, 1.54) is 5.56 Å². The molecule has 0 aliphatic carbocycles. The Balaban J connectivity index is 1.85. The quantitative estimate of drug-likeness (QED) is 0.700. The summed E-state index contributed by atoms with van der Waals surface area (Å²) in [6.07, 6.45) is 4.71. The summed E-state index contributed by atoms with van der Waals surface area (Å²) in [5, 5.41) is 15.1. The molecule has 29 heavy (non-hydrogen) atoms. The van der Waals surface area contributed by atoms with E-state index >= 15 is 0 Å². The highest BCUT2D eigenvalue weighted by Crippen LogP contribution is 2.28. The standard InChI is InChI=1S/C23H34N4O2/c1-4-5-6-22(28)26-21(16-24)15-18-7-9-19(10-8-18)20-11-13-27(14-12-20)23(29)25-17(2)3/h7-10,17,20-21H,4-6,11-15H2,1-3H3,(H,25,29)(H,26,28). The highest BCUT2D eigenvalue weighted by atomic mass is 16.2. The molecule has 3 amide bonds. The van der Waals surface area contributed by atoms with Gasteiger partial charge >= 0.3 is 6.03 Å². The first-order valence-corrected chi connectivity index (χ1v) is 10.8. The summed E-state index contributed by atoms with van der Waals surface area (Å²) < 4.78 is 0. The molecule has 1 fully saturated rings. The number of carbonyl (C=O) groups excluding carboxylic acids is 2. The number of benzene rings is 1. The van der Waals surface area contributed by atoms with Crippen LogP contribution in [0.1, 0.15) is 69.9 Å². The molecule has 1 unspecified atom stereocenters. The Labute approximate surface area is 174 Å². The third-order valence-corrected chi connectivity index (χ3v) is 5.33. The van der Waals surface area contributed by atoms with E-state index in [1.54, 1.807) is 0 Å². The van der Waals surface area contributed by atoms with Crippen LogP contribution in [-0.2, 0) is 11.2 Å². The van der Waals surface area contributed by atoms with Crippen LogP contribution in [0, 0.1) is 11.3 Å². The zero-order chi connectivity index (χ0) is 21.2. The smallest absolute Gasteiger partial charge is 0.317 e. The number of amides is 3. The number of unbranched alkanes of at least 4 members (excludes halogenated alkanes) is 1. The topological polar surface area (TPSA) is 85.2 Å². The second kappa shape index (κ2) is 11.5. The fraction of sp³-hybridized carbons (Fsp3) is 0.609. The minimum absolute atomic E-state index is 0.0253. The van der Waals surface area contributed by atoms with Crippen molar-refractivity contribution in [1.29, 1.82) is 5.26 Å². The van der Waals surface area contributed by atoms with E-state index in [-0.39, 0.29) is 18.0 Å². The summed E-state index contributed by atoms with van der Waals surface area (Å²) >= 11 is 0. The number of hydrogen-bond acceptors (Lipinski definition) is 3. The van der Waals surface area contributed by atoms with Gasteiger partial charge in [0.15, 0.2) is 0 Å². The molecule has 0 spiro atoms. The van der Waals surface area contributed by atoms with E-state index in [2.05, 4.69) is 41.0 Å². The molecule has 1 aliphatic rings. The van der Waals surface area contributed by atoms with Gasteiger partial charge in [0.2, 0.25) is 5.91 Å². The van der Waals surface area contributed by atoms with Crippen LogP contribution in [0.4, 0.5) is 4.79 Å². The van der Waals surface area contributed by atoms with Gasteiger partial charge in [-0.3, -0.25) is 4.79 Å². The number of piperidine rings is 1. The van der Waals surface area contributed by atoms with Crippen LogP contribution >= 0.6 is 0 Å². The molecule has 158 valence electrons. The molecule has 1 aliphatic heterocycles. The zero-order valence-electron chi connectivity index (χ0n) is 17.9. The minimum atomic E-state index is -0.493. The molecule has 1 aromatic rings. The van der Waals surface area contributed by atoms with Crippen molar-refractivity contribution < 1.29 is 9.59 Å².